The van der Waals surface area contributed by atoms with E-state index in [2.05, 4.69) is 20.0 Å². The second-order valence-electron chi connectivity index (χ2n) is 6.76. The third-order valence-electron chi connectivity index (χ3n) is 5.02. The molecule has 1 saturated heterocycles. The van der Waals surface area contributed by atoms with E-state index >= 15 is 0 Å². The van der Waals surface area contributed by atoms with Crippen molar-refractivity contribution in [3.8, 4) is 22.8 Å². The molecule has 0 bridgehead atoms. The number of benzene rings is 1. The van der Waals surface area contributed by atoms with Crippen LogP contribution in [0.4, 0.5) is 14.6 Å². The van der Waals surface area contributed by atoms with Crippen molar-refractivity contribution in [3.63, 3.8) is 0 Å². The lowest BCUT2D eigenvalue weighted by Crippen LogP contribution is -2.33. The van der Waals surface area contributed by atoms with E-state index in [0.29, 0.717) is 5.92 Å². The van der Waals surface area contributed by atoms with Gasteiger partial charge in [-0.3, -0.25) is 0 Å². The van der Waals surface area contributed by atoms with E-state index in [4.69, 9.17) is 9.72 Å². The SMILES string of the molecule is COc1ccccc1-c1csc(C2CCN(c3ccc(OC(F)F)cn3)CC2)n1. The fourth-order valence-electron chi connectivity index (χ4n) is 3.54. The number of hydrogen-bond acceptors (Lipinski definition) is 6. The Morgan fingerprint density at radius 1 is 1.14 bits per heavy atom. The average molecular weight is 417 g/mol. The van der Waals surface area contributed by atoms with E-state index in [0.717, 1.165) is 53.8 Å². The summed E-state index contributed by atoms with van der Waals surface area (Å²) >= 11 is 1.69. The number of ether oxygens (including phenoxy) is 2. The number of piperidine rings is 1. The monoisotopic (exact) mass is 417 g/mol. The Morgan fingerprint density at radius 3 is 2.62 bits per heavy atom. The van der Waals surface area contributed by atoms with E-state index in [9.17, 15) is 8.78 Å². The van der Waals surface area contributed by atoms with Crippen LogP contribution in [-0.4, -0.2) is 36.8 Å². The Labute approximate surface area is 171 Å². The highest BCUT2D eigenvalue weighted by atomic mass is 32.1. The molecule has 8 heteroatoms. The molecule has 3 aromatic rings. The minimum atomic E-state index is -2.84. The van der Waals surface area contributed by atoms with Crippen LogP contribution in [0, 0.1) is 0 Å². The molecule has 1 aliphatic rings. The van der Waals surface area contributed by atoms with Gasteiger partial charge in [0, 0.05) is 30.0 Å². The van der Waals surface area contributed by atoms with Crippen molar-refractivity contribution < 1.29 is 18.3 Å². The van der Waals surface area contributed by atoms with E-state index < -0.39 is 6.61 Å². The molecule has 0 N–H and O–H groups in total. The van der Waals surface area contributed by atoms with E-state index in [1.807, 2.05) is 24.3 Å². The number of methoxy groups -OCH3 is 1. The normalized spacial score (nSPS) is 15.0. The first-order valence-corrected chi connectivity index (χ1v) is 10.3. The lowest BCUT2D eigenvalue weighted by molar-refractivity contribution is -0.0500. The number of aromatic nitrogens is 2. The highest BCUT2D eigenvalue weighted by Crippen LogP contribution is 2.36. The van der Waals surface area contributed by atoms with Crippen molar-refractivity contribution in [2.45, 2.75) is 25.4 Å². The largest absolute Gasteiger partial charge is 0.496 e. The predicted octanol–water partition coefficient (Wildman–Crippen LogP) is 5.20. The van der Waals surface area contributed by atoms with Crippen LogP contribution in [0.1, 0.15) is 23.8 Å². The third kappa shape index (κ3) is 4.48. The van der Waals surface area contributed by atoms with Crippen LogP contribution < -0.4 is 14.4 Å². The summed E-state index contributed by atoms with van der Waals surface area (Å²) in [5.41, 5.74) is 1.95. The number of hydrogen-bond donors (Lipinski definition) is 0. The molecule has 3 heterocycles. The Balaban J connectivity index is 1.39. The molecule has 152 valence electrons. The fraction of sp³-hybridized carbons (Fsp3) is 0.333. The van der Waals surface area contributed by atoms with Gasteiger partial charge in [0.05, 0.1) is 24.0 Å². The molecule has 0 atom stereocenters. The van der Waals surface area contributed by atoms with Gasteiger partial charge in [-0.05, 0) is 37.1 Å². The summed E-state index contributed by atoms with van der Waals surface area (Å²) in [6, 6.07) is 11.2. The molecular formula is C21H21F2N3O2S. The summed E-state index contributed by atoms with van der Waals surface area (Å²) in [6.07, 6.45) is 3.28. The molecule has 2 aromatic heterocycles. The number of nitrogens with zero attached hydrogens (tertiary/aromatic N) is 3. The number of anilines is 1. The van der Waals surface area contributed by atoms with Gasteiger partial charge < -0.3 is 14.4 Å². The quantitative estimate of drug-likeness (QED) is 0.552. The summed E-state index contributed by atoms with van der Waals surface area (Å²) in [5.74, 6) is 2.08. The zero-order valence-electron chi connectivity index (χ0n) is 15.9. The molecule has 0 spiro atoms. The van der Waals surface area contributed by atoms with Gasteiger partial charge in [0.25, 0.3) is 0 Å². The van der Waals surface area contributed by atoms with Crippen molar-refractivity contribution in [1.82, 2.24) is 9.97 Å². The van der Waals surface area contributed by atoms with E-state index in [1.165, 1.54) is 12.3 Å². The van der Waals surface area contributed by atoms with Crippen LogP contribution >= 0.6 is 11.3 Å². The van der Waals surface area contributed by atoms with Crippen LogP contribution in [0.15, 0.2) is 48.0 Å². The maximum atomic E-state index is 12.3. The summed E-state index contributed by atoms with van der Waals surface area (Å²) in [4.78, 5) is 11.3. The van der Waals surface area contributed by atoms with Gasteiger partial charge in [0.2, 0.25) is 0 Å². The molecule has 0 amide bonds. The van der Waals surface area contributed by atoms with Crippen LogP contribution in [-0.2, 0) is 0 Å². The molecule has 1 fully saturated rings. The first-order chi connectivity index (χ1) is 14.1. The second-order valence-corrected chi connectivity index (χ2v) is 7.65. The van der Waals surface area contributed by atoms with Crippen molar-refractivity contribution in [3.05, 3.63) is 53.0 Å². The first kappa shape index (κ1) is 19.6. The number of alkyl halides is 2. The van der Waals surface area contributed by atoms with Gasteiger partial charge in [0.1, 0.15) is 17.3 Å². The molecule has 0 saturated carbocycles. The standard InChI is InChI=1S/C21H21F2N3O2S/c1-27-18-5-3-2-4-16(18)17-13-29-20(25-17)14-8-10-26(11-9-14)19-7-6-15(12-24-19)28-21(22)23/h2-7,12-14,21H,8-11H2,1H3. The molecule has 29 heavy (non-hydrogen) atoms. The molecule has 4 rings (SSSR count). The highest BCUT2D eigenvalue weighted by Gasteiger charge is 2.24. The topological polar surface area (TPSA) is 47.5 Å². The smallest absolute Gasteiger partial charge is 0.387 e. The lowest BCUT2D eigenvalue weighted by Gasteiger charge is -2.32. The van der Waals surface area contributed by atoms with Gasteiger partial charge in [0.15, 0.2) is 0 Å². The third-order valence-corrected chi connectivity index (χ3v) is 6.03. The minimum absolute atomic E-state index is 0.0743. The predicted molar refractivity (Wildman–Crippen MR) is 109 cm³/mol. The van der Waals surface area contributed by atoms with Crippen LogP contribution in [0.2, 0.25) is 0 Å². The molecular weight excluding hydrogens is 396 g/mol. The zero-order valence-corrected chi connectivity index (χ0v) is 16.7. The summed E-state index contributed by atoms with van der Waals surface area (Å²) in [5, 5.41) is 3.22. The Kier molecular flexibility index (Phi) is 5.89. The van der Waals surface area contributed by atoms with Gasteiger partial charge in [-0.25, -0.2) is 9.97 Å². The molecule has 1 aliphatic heterocycles. The average Bonchev–Trinajstić information content (AvgIpc) is 3.24. The summed E-state index contributed by atoms with van der Waals surface area (Å²) in [6.45, 7) is -1.15. The first-order valence-electron chi connectivity index (χ1n) is 9.38. The molecule has 0 unspecified atom stereocenters. The Hall–Kier alpha value is -2.74. The molecule has 0 radical (unpaired) electrons. The minimum Gasteiger partial charge on any atom is -0.496 e. The van der Waals surface area contributed by atoms with Gasteiger partial charge >= 0.3 is 6.61 Å². The van der Waals surface area contributed by atoms with Crippen molar-refractivity contribution in [2.24, 2.45) is 0 Å². The molecule has 5 nitrogen and oxygen atoms in total. The second kappa shape index (κ2) is 8.73. The van der Waals surface area contributed by atoms with Crippen molar-refractivity contribution in [2.75, 3.05) is 25.1 Å². The van der Waals surface area contributed by atoms with Gasteiger partial charge in [-0.15, -0.1) is 11.3 Å². The summed E-state index contributed by atoms with van der Waals surface area (Å²) < 4.78 is 34.3. The number of thiazole rings is 1. The Bertz CT molecular complexity index is 941. The Morgan fingerprint density at radius 2 is 1.93 bits per heavy atom. The zero-order chi connectivity index (χ0) is 20.2. The van der Waals surface area contributed by atoms with Crippen LogP contribution in [0.25, 0.3) is 11.3 Å². The summed E-state index contributed by atoms with van der Waals surface area (Å²) in [7, 11) is 1.67. The number of rotatable bonds is 6. The van der Waals surface area contributed by atoms with Crippen LogP contribution in [0.5, 0.6) is 11.5 Å². The number of para-hydroxylation sites is 1. The molecule has 0 aliphatic carbocycles. The highest BCUT2D eigenvalue weighted by molar-refractivity contribution is 7.10. The van der Waals surface area contributed by atoms with E-state index in [1.54, 1.807) is 24.5 Å². The molecule has 1 aromatic carbocycles. The van der Waals surface area contributed by atoms with Crippen LogP contribution in [0.3, 0.4) is 0 Å². The maximum absolute atomic E-state index is 12.3. The van der Waals surface area contributed by atoms with Gasteiger partial charge in [-0.2, -0.15) is 8.78 Å². The fourth-order valence-corrected chi connectivity index (χ4v) is 4.53. The van der Waals surface area contributed by atoms with Crippen molar-refractivity contribution >= 4 is 17.2 Å². The number of pyridine rings is 1. The van der Waals surface area contributed by atoms with E-state index in [-0.39, 0.29) is 5.75 Å². The van der Waals surface area contributed by atoms with Gasteiger partial charge in [-0.1, -0.05) is 12.1 Å². The number of halogens is 2. The maximum Gasteiger partial charge on any atom is 0.387 e. The lowest BCUT2D eigenvalue weighted by atomic mass is 9.97. The van der Waals surface area contributed by atoms with Crippen molar-refractivity contribution in [1.29, 1.82) is 0 Å².